The molecule has 0 bridgehead atoms. The second kappa shape index (κ2) is 4.24. The Kier molecular flexibility index (Phi) is 2.95. The van der Waals surface area contributed by atoms with Crippen LogP contribution in [-0.2, 0) is 0 Å². The molecule has 0 spiro atoms. The third-order valence-corrected chi connectivity index (χ3v) is 3.19. The molecule has 0 aromatic heterocycles. The van der Waals surface area contributed by atoms with Crippen LogP contribution in [0.3, 0.4) is 0 Å². The summed E-state index contributed by atoms with van der Waals surface area (Å²) in [6.07, 6.45) is 2.16. The summed E-state index contributed by atoms with van der Waals surface area (Å²) in [5.41, 5.74) is 0.152. The summed E-state index contributed by atoms with van der Waals surface area (Å²) in [5, 5.41) is 0. The van der Waals surface area contributed by atoms with Gasteiger partial charge in [0, 0.05) is 5.92 Å². The fourth-order valence-corrected chi connectivity index (χ4v) is 1.91. The molecule has 1 saturated carbocycles. The molecule has 1 unspecified atom stereocenters. The van der Waals surface area contributed by atoms with Gasteiger partial charge in [-0.3, -0.25) is 4.79 Å². The van der Waals surface area contributed by atoms with E-state index in [9.17, 15) is 9.18 Å². The molecule has 1 aromatic rings. The molecule has 0 N–H and O–H groups in total. The first-order chi connectivity index (χ1) is 7.65. The summed E-state index contributed by atoms with van der Waals surface area (Å²) >= 11 is 0. The summed E-state index contributed by atoms with van der Waals surface area (Å²) in [6.45, 7) is 1.87. The zero-order valence-corrected chi connectivity index (χ0v) is 9.50. The van der Waals surface area contributed by atoms with E-state index in [1.807, 2.05) is 6.92 Å². The Morgan fingerprint density at radius 3 is 2.75 bits per heavy atom. The van der Waals surface area contributed by atoms with Gasteiger partial charge < -0.3 is 4.74 Å². The lowest BCUT2D eigenvalue weighted by Gasteiger charge is -2.11. The predicted molar refractivity (Wildman–Crippen MR) is 59.2 cm³/mol. The Morgan fingerprint density at radius 1 is 1.50 bits per heavy atom. The number of Topliss-reactive ketones (excluding diaryl/α,β-unsaturated/α-hetero) is 1. The highest BCUT2D eigenvalue weighted by atomic mass is 19.1. The highest BCUT2D eigenvalue weighted by Crippen LogP contribution is 2.38. The second-order valence-corrected chi connectivity index (χ2v) is 4.31. The van der Waals surface area contributed by atoms with Crippen molar-refractivity contribution in [3.63, 3.8) is 0 Å². The van der Waals surface area contributed by atoms with Crippen molar-refractivity contribution in [2.24, 2.45) is 11.8 Å². The molecule has 0 heterocycles. The van der Waals surface area contributed by atoms with E-state index in [0.717, 1.165) is 12.8 Å². The van der Waals surface area contributed by atoms with Crippen LogP contribution in [0, 0.1) is 17.7 Å². The first kappa shape index (κ1) is 11.1. The summed E-state index contributed by atoms with van der Waals surface area (Å²) < 4.78 is 18.7. The van der Waals surface area contributed by atoms with E-state index in [4.69, 9.17) is 4.74 Å². The second-order valence-electron chi connectivity index (χ2n) is 4.31. The van der Waals surface area contributed by atoms with Crippen molar-refractivity contribution in [2.75, 3.05) is 7.11 Å². The Balaban J connectivity index is 2.28. The number of benzene rings is 1. The van der Waals surface area contributed by atoms with E-state index in [0.29, 0.717) is 5.92 Å². The summed E-state index contributed by atoms with van der Waals surface area (Å²) in [5.74, 6) is -0.157. The molecule has 0 saturated heterocycles. The number of rotatable bonds is 4. The van der Waals surface area contributed by atoms with Crippen LogP contribution in [0.15, 0.2) is 18.2 Å². The molecular weight excluding hydrogens is 207 g/mol. The van der Waals surface area contributed by atoms with Gasteiger partial charge in [-0.25, -0.2) is 4.39 Å². The van der Waals surface area contributed by atoms with Crippen molar-refractivity contribution < 1.29 is 13.9 Å². The van der Waals surface area contributed by atoms with E-state index in [-0.39, 0.29) is 23.0 Å². The van der Waals surface area contributed by atoms with Crippen LogP contribution >= 0.6 is 0 Å². The molecule has 2 rings (SSSR count). The lowest BCUT2D eigenvalue weighted by molar-refractivity contribution is 0.0911. The summed E-state index contributed by atoms with van der Waals surface area (Å²) in [4.78, 5) is 12.0. The van der Waals surface area contributed by atoms with Gasteiger partial charge >= 0.3 is 0 Å². The lowest BCUT2D eigenvalue weighted by atomic mass is 9.94. The molecule has 1 atom stereocenters. The third kappa shape index (κ3) is 1.94. The number of ether oxygens (including phenoxy) is 1. The number of ketones is 1. The zero-order valence-electron chi connectivity index (χ0n) is 9.50. The van der Waals surface area contributed by atoms with Crippen LogP contribution < -0.4 is 4.74 Å². The molecule has 86 valence electrons. The van der Waals surface area contributed by atoms with E-state index >= 15 is 0 Å². The van der Waals surface area contributed by atoms with E-state index < -0.39 is 5.82 Å². The van der Waals surface area contributed by atoms with Gasteiger partial charge in [0.05, 0.1) is 12.7 Å². The summed E-state index contributed by atoms with van der Waals surface area (Å²) in [7, 11) is 1.40. The van der Waals surface area contributed by atoms with Gasteiger partial charge in [0.1, 0.15) is 0 Å². The highest BCUT2D eigenvalue weighted by molar-refractivity contribution is 5.98. The van der Waals surface area contributed by atoms with Crippen molar-refractivity contribution in [1.82, 2.24) is 0 Å². The normalized spacial score (nSPS) is 16.9. The van der Waals surface area contributed by atoms with Gasteiger partial charge in [-0.05, 0) is 30.9 Å². The van der Waals surface area contributed by atoms with Crippen molar-refractivity contribution in [3.05, 3.63) is 29.6 Å². The lowest BCUT2D eigenvalue weighted by Crippen LogP contribution is -2.15. The van der Waals surface area contributed by atoms with Crippen LogP contribution in [0.1, 0.15) is 30.1 Å². The fraction of sp³-hybridized carbons (Fsp3) is 0.462. The van der Waals surface area contributed by atoms with Crippen LogP contribution in [-0.4, -0.2) is 12.9 Å². The van der Waals surface area contributed by atoms with Gasteiger partial charge in [0.25, 0.3) is 0 Å². The SMILES string of the molecule is COc1cccc(C(=O)C(C)C2CC2)c1F. The van der Waals surface area contributed by atoms with Gasteiger partial charge in [-0.2, -0.15) is 0 Å². The third-order valence-electron chi connectivity index (χ3n) is 3.19. The fourth-order valence-electron chi connectivity index (χ4n) is 1.91. The Labute approximate surface area is 94.4 Å². The van der Waals surface area contributed by atoms with Crippen molar-refractivity contribution in [1.29, 1.82) is 0 Å². The molecule has 1 fully saturated rings. The minimum atomic E-state index is -0.539. The molecule has 1 aliphatic rings. The quantitative estimate of drug-likeness (QED) is 0.732. The van der Waals surface area contributed by atoms with Crippen LogP contribution in [0.25, 0.3) is 0 Å². The number of methoxy groups -OCH3 is 1. The van der Waals surface area contributed by atoms with E-state index in [1.165, 1.54) is 19.2 Å². The summed E-state index contributed by atoms with van der Waals surface area (Å²) in [6, 6.07) is 4.70. The average molecular weight is 222 g/mol. The van der Waals surface area contributed by atoms with Crippen molar-refractivity contribution in [3.8, 4) is 5.75 Å². The van der Waals surface area contributed by atoms with Gasteiger partial charge in [-0.1, -0.05) is 13.0 Å². The molecule has 1 aromatic carbocycles. The topological polar surface area (TPSA) is 26.3 Å². The molecular formula is C13H15FO2. The Morgan fingerprint density at radius 2 is 2.19 bits per heavy atom. The maximum absolute atomic E-state index is 13.8. The number of carbonyl (C=O) groups excluding carboxylic acids is 1. The van der Waals surface area contributed by atoms with Crippen LogP contribution in [0.5, 0.6) is 5.75 Å². The average Bonchev–Trinajstić information content (AvgIpc) is 3.11. The molecule has 16 heavy (non-hydrogen) atoms. The van der Waals surface area contributed by atoms with Crippen LogP contribution in [0.4, 0.5) is 4.39 Å². The van der Waals surface area contributed by atoms with Crippen molar-refractivity contribution >= 4 is 5.78 Å². The minimum absolute atomic E-state index is 0.0818. The van der Waals surface area contributed by atoms with Gasteiger partial charge in [0.2, 0.25) is 0 Å². The minimum Gasteiger partial charge on any atom is -0.494 e. The zero-order chi connectivity index (χ0) is 11.7. The molecule has 0 aliphatic heterocycles. The molecule has 0 amide bonds. The maximum Gasteiger partial charge on any atom is 0.175 e. The smallest absolute Gasteiger partial charge is 0.175 e. The molecule has 1 aliphatic carbocycles. The Bertz CT molecular complexity index is 410. The maximum atomic E-state index is 13.8. The number of carbonyl (C=O) groups is 1. The van der Waals surface area contributed by atoms with Gasteiger partial charge in [0.15, 0.2) is 17.3 Å². The first-order valence-electron chi connectivity index (χ1n) is 5.52. The van der Waals surface area contributed by atoms with E-state index in [2.05, 4.69) is 0 Å². The number of halogens is 1. The van der Waals surface area contributed by atoms with Crippen LogP contribution in [0.2, 0.25) is 0 Å². The number of hydrogen-bond donors (Lipinski definition) is 0. The predicted octanol–water partition coefficient (Wildman–Crippen LogP) is 3.06. The Hall–Kier alpha value is -1.38. The molecule has 2 nitrogen and oxygen atoms in total. The van der Waals surface area contributed by atoms with Gasteiger partial charge in [-0.15, -0.1) is 0 Å². The highest BCUT2D eigenvalue weighted by Gasteiger charge is 2.34. The molecule has 3 heteroatoms. The molecule has 0 radical (unpaired) electrons. The monoisotopic (exact) mass is 222 g/mol. The van der Waals surface area contributed by atoms with Crippen molar-refractivity contribution in [2.45, 2.75) is 19.8 Å². The van der Waals surface area contributed by atoms with E-state index in [1.54, 1.807) is 6.07 Å². The number of hydrogen-bond acceptors (Lipinski definition) is 2. The standard InChI is InChI=1S/C13H15FO2/c1-8(9-6-7-9)13(15)10-4-3-5-11(16-2)12(10)14/h3-5,8-9H,6-7H2,1-2H3. The largest absolute Gasteiger partial charge is 0.494 e. The first-order valence-corrected chi connectivity index (χ1v) is 5.52.